The number of rotatable bonds is 1. The van der Waals surface area contributed by atoms with Gasteiger partial charge in [-0.3, -0.25) is 4.79 Å². The molecule has 2 rings (SSSR count). The molecule has 0 bridgehead atoms. The standard InChI is InChI=1S/C12H10N2OS/c1-9(15)13-6-2-3-10-4-5-12-11(7-10)14-8-16-12/h4-5,7-8H,6H2,1H3,(H,13,15). The highest BCUT2D eigenvalue weighted by molar-refractivity contribution is 7.16. The van der Waals surface area contributed by atoms with Crippen molar-refractivity contribution in [2.75, 3.05) is 6.54 Å². The molecule has 0 atom stereocenters. The van der Waals surface area contributed by atoms with Crippen LogP contribution in [0.5, 0.6) is 0 Å². The minimum atomic E-state index is -0.0655. The second kappa shape index (κ2) is 4.77. The van der Waals surface area contributed by atoms with Crippen LogP contribution in [0.3, 0.4) is 0 Å². The van der Waals surface area contributed by atoms with Gasteiger partial charge in [0.1, 0.15) is 0 Å². The van der Waals surface area contributed by atoms with E-state index in [1.54, 1.807) is 11.3 Å². The fourth-order valence-corrected chi connectivity index (χ4v) is 1.91. The summed E-state index contributed by atoms with van der Waals surface area (Å²) < 4.78 is 1.16. The van der Waals surface area contributed by atoms with Crippen LogP contribution in [0.25, 0.3) is 10.2 Å². The summed E-state index contributed by atoms with van der Waals surface area (Å²) in [6.07, 6.45) is 0. The minimum Gasteiger partial charge on any atom is -0.345 e. The molecular formula is C12H10N2OS. The summed E-state index contributed by atoms with van der Waals surface area (Å²) in [4.78, 5) is 14.8. The molecule has 3 nitrogen and oxygen atoms in total. The van der Waals surface area contributed by atoms with Gasteiger partial charge in [0, 0.05) is 12.5 Å². The normalized spacial score (nSPS) is 9.56. The Bertz CT molecular complexity index is 577. The van der Waals surface area contributed by atoms with Crippen LogP contribution < -0.4 is 5.32 Å². The van der Waals surface area contributed by atoms with E-state index in [0.29, 0.717) is 6.54 Å². The number of nitrogens with one attached hydrogen (secondary N) is 1. The number of thiazole rings is 1. The Morgan fingerprint density at radius 2 is 2.44 bits per heavy atom. The number of aromatic nitrogens is 1. The number of carbonyl (C=O) groups is 1. The van der Waals surface area contributed by atoms with Gasteiger partial charge in [0.25, 0.3) is 0 Å². The highest BCUT2D eigenvalue weighted by Crippen LogP contribution is 2.18. The van der Waals surface area contributed by atoms with Crippen molar-refractivity contribution in [2.45, 2.75) is 6.92 Å². The van der Waals surface area contributed by atoms with Crippen molar-refractivity contribution in [3.8, 4) is 11.8 Å². The van der Waals surface area contributed by atoms with Crippen LogP contribution in [-0.4, -0.2) is 17.4 Å². The third-order valence-corrected chi connectivity index (χ3v) is 2.80. The molecule has 0 saturated heterocycles. The lowest BCUT2D eigenvalue weighted by Gasteiger charge is -1.92. The zero-order valence-electron chi connectivity index (χ0n) is 8.78. The molecule has 0 aliphatic heterocycles. The van der Waals surface area contributed by atoms with Gasteiger partial charge in [-0.1, -0.05) is 11.8 Å². The van der Waals surface area contributed by atoms with Crippen molar-refractivity contribution >= 4 is 27.5 Å². The number of amides is 1. The lowest BCUT2D eigenvalue weighted by Crippen LogP contribution is -2.19. The molecule has 0 saturated carbocycles. The van der Waals surface area contributed by atoms with E-state index >= 15 is 0 Å². The van der Waals surface area contributed by atoms with Gasteiger partial charge in [-0.05, 0) is 18.2 Å². The third-order valence-electron chi connectivity index (χ3n) is 1.99. The summed E-state index contributed by atoms with van der Waals surface area (Å²) in [5.74, 6) is 5.80. The van der Waals surface area contributed by atoms with Crippen LogP contribution in [0, 0.1) is 11.8 Å². The van der Waals surface area contributed by atoms with Gasteiger partial charge in [-0.25, -0.2) is 4.98 Å². The second-order valence-corrected chi connectivity index (χ2v) is 4.13. The average molecular weight is 230 g/mol. The van der Waals surface area contributed by atoms with Crippen LogP contribution >= 0.6 is 11.3 Å². The average Bonchev–Trinajstić information content (AvgIpc) is 2.71. The number of hydrogen-bond donors (Lipinski definition) is 1. The van der Waals surface area contributed by atoms with Crippen LogP contribution in [-0.2, 0) is 4.79 Å². The zero-order chi connectivity index (χ0) is 11.4. The first-order chi connectivity index (χ1) is 7.75. The van der Waals surface area contributed by atoms with Crippen molar-refractivity contribution in [1.29, 1.82) is 0 Å². The van der Waals surface area contributed by atoms with Crippen LogP contribution in [0.15, 0.2) is 23.7 Å². The van der Waals surface area contributed by atoms with Gasteiger partial charge < -0.3 is 5.32 Å². The van der Waals surface area contributed by atoms with Gasteiger partial charge in [0.05, 0.1) is 22.3 Å². The molecule has 1 amide bonds. The van der Waals surface area contributed by atoms with Crippen LogP contribution in [0.2, 0.25) is 0 Å². The molecule has 0 radical (unpaired) electrons. The third kappa shape index (κ3) is 2.59. The highest BCUT2D eigenvalue weighted by Gasteiger charge is 1.95. The van der Waals surface area contributed by atoms with E-state index in [1.807, 2.05) is 23.7 Å². The van der Waals surface area contributed by atoms with Crippen molar-refractivity contribution in [2.24, 2.45) is 0 Å². The monoisotopic (exact) mass is 230 g/mol. The van der Waals surface area contributed by atoms with E-state index in [1.165, 1.54) is 6.92 Å². The van der Waals surface area contributed by atoms with E-state index in [-0.39, 0.29) is 5.91 Å². The lowest BCUT2D eigenvalue weighted by atomic mass is 10.2. The SMILES string of the molecule is CC(=O)NCC#Cc1ccc2scnc2c1. The summed E-state index contributed by atoms with van der Waals surface area (Å²) in [5, 5.41) is 2.62. The molecule has 1 aromatic heterocycles. The Morgan fingerprint density at radius 3 is 3.25 bits per heavy atom. The number of fused-ring (bicyclic) bond motifs is 1. The Kier molecular flexibility index (Phi) is 3.18. The highest BCUT2D eigenvalue weighted by atomic mass is 32.1. The van der Waals surface area contributed by atoms with Crippen molar-refractivity contribution in [3.63, 3.8) is 0 Å². The Balaban J connectivity index is 2.11. The largest absolute Gasteiger partial charge is 0.345 e. The maximum Gasteiger partial charge on any atom is 0.217 e. The lowest BCUT2D eigenvalue weighted by molar-refractivity contribution is -0.118. The van der Waals surface area contributed by atoms with Crippen molar-refractivity contribution in [3.05, 3.63) is 29.3 Å². The summed E-state index contributed by atoms with van der Waals surface area (Å²) >= 11 is 1.61. The van der Waals surface area contributed by atoms with Crippen LogP contribution in [0.1, 0.15) is 12.5 Å². The van der Waals surface area contributed by atoms with Crippen LogP contribution in [0.4, 0.5) is 0 Å². The smallest absolute Gasteiger partial charge is 0.217 e. The van der Waals surface area contributed by atoms with E-state index in [2.05, 4.69) is 22.1 Å². The molecule has 16 heavy (non-hydrogen) atoms. The zero-order valence-corrected chi connectivity index (χ0v) is 9.60. The van der Waals surface area contributed by atoms with E-state index in [0.717, 1.165) is 15.8 Å². The molecule has 80 valence electrons. The van der Waals surface area contributed by atoms with E-state index in [9.17, 15) is 4.79 Å². The summed E-state index contributed by atoms with van der Waals surface area (Å²) in [6.45, 7) is 1.85. The van der Waals surface area contributed by atoms with Gasteiger partial charge in [0.15, 0.2) is 0 Å². The van der Waals surface area contributed by atoms with Gasteiger partial charge in [0.2, 0.25) is 5.91 Å². The molecule has 0 aliphatic carbocycles. The maximum absolute atomic E-state index is 10.6. The molecule has 4 heteroatoms. The number of hydrogen-bond acceptors (Lipinski definition) is 3. The molecule has 1 N–H and O–H groups in total. The Morgan fingerprint density at radius 1 is 1.56 bits per heavy atom. The van der Waals surface area contributed by atoms with E-state index in [4.69, 9.17) is 0 Å². The van der Waals surface area contributed by atoms with Crippen molar-refractivity contribution in [1.82, 2.24) is 10.3 Å². The fraction of sp³-hybridized carbons (Fsp3) is 0.167. The summed E-state index contributed by atoms with van der Waals surface area (Å²) in [5.41, 5.74) is 3.71. The molecule has 0 unspecified atom stereocenters. The molecule has 2 aromatic rings. The molecule has 1 aromatic carbocycles. The van der Waals surface area contributed by atoms with Gasteiger partial charge in [-0.2, -0.15) is 0 Å². The molecule has 0 fully saturated rings. The topological polar surface area (TPSA) is 42.0 Å². The molecule has 0 spiro atoms. The number of benzene rings is 1. The summed E-state index contributed by atoms with van der Waals surface area (Å²) in [6, 6.07) is 5.92. The number of carbonyl (C=O) groups excluding carboxylic acids is 1. The van der Waals surface area contributed by atoms with Crippen molar-refractivity contribution < 1.29 is 4.79 Å². The molecular weight excluding hydrogens is 220 g/mol. The first-order valence-electron chi connectivity index (χ1n) is 4.82. The maximum atomic E-state index is 10.6. The summed E-state index contributed by atoms with van der Waals surface area (Å²) in [7, 11) is 0. The van der Waals surface area contributed by atoms with Gasteiger partial charge in [-0.15, -0.1) is 11.3 Å². The van der Waals surface area contributed by atoms with Gasteiger partial charge >= 0.3 is 0 Å². The molecule has 1 heterocycles. The molecule has 0 aliphatic rings. The fourth-order valence-electron chi connectivity index (χ4n) is 1.25. The first-order valence-corrected chi connectivity index (χ1v) is 5.70. The Hall–Kier alpha value is -1.86. The second-order valence-electron chi connectivity index (χ2n) is 3.25. The quantitative estimate of drug-likeness (QED) is 0.759. The number of nitrogens with zero attached hydrogens (tertiary/aromatic N) is 1. The first kappa shape index (κ1) is 10.7. The predicted octanol–water partition coefficient (Wildman–Crippen LogP) is 1.78. The minimum absolute atomic E-state index is 0.0655. The van der Waals surface area contributed by atoms with E-state index < -0.39 is 0 Å². The predicted molar refractivity (Wildman–Crippen MR) is 65.2 cm³/mol. The Labute approximate surface area is 97.5 Å².